The Labute approximate surface area is 125 Å². The first-order valence-corrected chi connectivity index (χ1v) is 8.24. The zero-order valence-corrected chi connectivity index (χ0v) is 12.7. The van der Waals surface area contributed by atoms with Gasteiger partial charge in [0.2, 0.25) is 0 Å². The molecule has 0 radical (unpaired) electrons. The lowest BCUT2D eigenvalue weighted by molar-refractivity contribution is 0.0137. The van der Waals surface area contributed by atoms with Gasteiger partial charge in [-0.15, -0.1) is 0 Å². The third-order valence-electron chi connectivity index (χ3n) is 3.59. The van der Waals surface area contributed by atoms with Crippen LogP contribution in [0, 0.1) is 0 Å². The van der Waals surface area contributed by atoms with Crippen molar-refractivity contribution in [2.75, 3.05) is 25.2 Å². The normalized spacial score (nSPS) is 22.2. The van der Waals surface area contributed by atoms with E-state index in [0.29, 0.717) is 12.1 Å². The second-order valence-electron chi connectivity index (χ2n) is 4.84. The monoisotopic (exact) mass is 309 g/mol. The Kier molecular flexibility index (Phi) is 3.91. The minimum absolute atomic E-state index is 0.0896. The van der Waals surface area contributed by atoms with Crippen LogP contribution in [0.5, 0.6) is 0 Å². The van der Waals surface area contributed by atoms with E-state index in [1.54, 1.807) is 19.2 Å². The number of rotatable bonds is 4. The van der Waals surface area contributed by atoms with E-state index in [9.17, 15) is 4.79 Å². The van der Waals surface area contributed by atoms with E-state index in [-0.39, 0.29) is 11.5 Å². The van der Waals surface area contributed by atoms with Crippen LogP contribution in [-0.4, -0.2) is 45.4 Å². The van der Waals surface area contributed by atoms with Gasteiger partial charge in [-0.2, -0.15) is 20.5 Å². The predicted octanol–water partition coefficient (Wildman–Crippen LogP) is 1.94. The lowest BCUT2D eigenvalue weighted by Crippen LogP contribution is -2.44. The molecule has 7 heteroatoms. The summed E-state index contributed by atoms with van der Waals surface area (Å²) in [6, 6.07) is 5.38. The molecule has 20 heavy (non-hydrogen) atoms. The number of benzene rings is 1. The number of thioether (sulfide) groups is 1. The number of aromatic nitrogens is 2. The second kappa shape index (κ2) is 5.67. The first-order valence-electron chi connectivity index (χ1n) is 6.36. The van der Waals surface area contributed by atoms with Gasteiger partial charge in [-0.25, -0.2) is 0 Å². The molecule has 5 nitrogen and oxygen atoms in total. The highest BCUT2D eigenvalue weighted by atomic mass is 32.2. The van der Waals surface area contributed by atoms with Crippen molar-refractivity contribution in [2.45, 2.75) is 12.0 Å². The number of hydrogen-bond acceptors (Lipinski definition) is 6. The van der Waals surface area contributed by atoms with Gasteiger partial charge in [0, 0.05) is 25.0 Å². The molecule has 106 valence electrons. The van der Waals surface area contributed by atoms with E-state index in [1.165, 1.54) is 0 Å². The average molecular weight is 309 g/mol. The number of hydrogen-bond donors (Lipinski definition) is 1. The van der Waals surface area contributed by atoms with Crippen LogP contribution in [0.1, 0.15) is 16.8 Å². The van der Waals surface area contributed by atoms with Gasteiger partial charge in [0.25, 0.3) is 5.91 Å². The molecule has 1 aliphatic rings. The largest absolute Gasteiger partial charge is 0.376 e. The molecule has 1 aliphatic heterocycles. The molecule has 1 amide bonds. The van der Waals surface area contributed by atoms with Gasteiger partial charge < -0.3 is 10.1 Å². The SMILES string of the molecule is CO[C@]1(CNC(=O)c2ccc3nsnc3c2)CCSC1. The summed E-state index contributed by atoms with van der Waals surface area (Å²) in [6.45, 7) is 0.544. The van der Waals surface area contributed by atoms with Crippen molar-refractivity contribution >= 4 is 40.4 Å². The Bertz CT molecular complexity index is 623. The lowest BCUT2D eigenvalue weighted by atomic mass is 10.0. The second-order valence-corrected chi connectivity index (χ2v) is 6.47. The first-order chi connectivity index (χ1) is 9.72. The lowest BCUT2D eigenvalue weighted by Gasteiger charge is -2.26. The quantitative estimate of drug-likeness (QED) is 0.935. The van der Waals surface area contributed by atoms with E-state index >= 15 is 0 Å². The molecule has 1 aromatic heterocycles. The maximum Gasteiger partial charge on any atom is 0.251 e. The maximum absolute atomic E-state index is 12.2. The molecule has 3 rings (SSSR count). The van der Waals surface area contributed by atoms with E-state index in [4.69, 9.17) is 4.74 Å². The highest BCUT2D eigenvalue weighted by Crippen LogP contribution is 2.30. The third-order valence-corrected chi connectivity index (χ3v) is 5.37. The van der Waals surface area contributed by atoms with Crippen LogP contribution >= 0.6 is 23.5 Å². The van der Waals surface area contributed by atoms with Gasteiger partial charge in [0.05, 0.1) is 17.3 Å². The smallest absolute Gasteiger partial charge is 0.251 e. The molecule has 0 unspecified atom stereocenters. The van der Waals surface area contributed by atoms with Crippen LogP contribution in [-0.2, 0) is 4.74 Å². The molecule has 0 aliphatic carbocycles. The highest BCUT2D eigenvalue weighted by molar-refractivity contribution is 7.99. The van der Waals surface area contributed by atoms with Crippen LogP contribution in [0.4, 0.5) is 0 Å². The van der Waals surface area contributed by atoms with Gasteiger partial charge in [-0.05, 0) is 30.4 Å². The molecule has 1 N–H and O–H groups in total. The van der Waals surface area contributed by atoms with Gasteiger partial charge in [-0.1, -0.05) is 0 Å². The maximum atomic E-state index is 12.2. The van der Waals surface area contributed by atoms with Gasteiger partial charge in [0.15, 0.2) is 0 Å². The van der Waals surface area contributed by atoms with Crippen LogP contribution in [0.15, 0.2) is 18.2 Å². The van der Waals surface area contributed by atoms with Crippen LogP contribution in [0.3, 0.4) is 0 Å². The molecule has 1 aromatic carbocycles. The Morgan fingerprint density at radius 1 is 1.45 bits per heavy atom. The van der Waals surface area contributed by atoms with Crippen LogP contribution in [0.2, 0.25) is 0 Å². The van der Waals surface area contributed by atoms with Crippen molar-refractivity contribution in [3.8, 4) is 0 Å². The zero-order chi connectivity index (χ0) is 14.0. The summed E-state index contributed by atoms with van der Waals surface area (Å²) in [6.07, 6.45) is 0.976. The van der Waals surface area contributed by atoms with Crippen molar-refractivity contribution in [1.29, 1.82) is 0 Å². The predicted molar refractivity (Wildman–Crippen MR) is 81.4 cm³/mol. The van der Waals surface area contributed by atoms with E-state index < -0.39 is 0 Å². The number of methoxy groups -OCH3 is 1. The van der Waals surface area contributed by atoms with E-state index in [0.717, 1.165) is 40.7 Å². The van der Waals surface area contributed by atoms with Crippen molar-refractivity contribution in [2.24, 2.45) is 0 Å². The zero-order valence-electron chi connectivity index (χ0n) is 11.1. The van der Waals surface area contributed by atoms with Gasteiger partial charge >= 0.3 is 0 Å². The minimum Gasteiger partial charge on any atom is -0.376 e. The molecule has 1 fully saturated rings. The topological polar surface area (TPSA) is 64.1 Å². The molecule has 0 bridgehead atoms. The van der Waals surface area contributed by atoms with Crippen molar-refractivity contribution in [1.82, 2.24) is 14.1 Å². The van der Waals surface area contributed by atoms with Crippen LogP contribution in [0.25, 0.3) is 11.0 Å². The Hall–Kier alpha value is -1.18. The summed E-state index contributed by atoms with van der Waals surface area (Å²) in [4.78, 5) is 12.2. The number of carbonyl (C=O) groups is 1. The van der Waals surface area contributed by atoms with Crippen LogP contribution < -0.4 is 5.32 Å². The summed E-state index contributed by atoms with van der Waals surface area (Å²) in [7, 11) is 1.71. The Morgan fingerprint density at radius 2 is 2.30 bits per heavy atom. The fourth-order valence-corrected chi connectivity index (χ4v) is 4.14. The summed E-state index contributed by atoms with van der Waals surface area (Å²) in [5.41, 5.74) is 1.99. The van der Waals surface area contributed by atoms with Gasteiger partial charge in [0.1, 0.15) is 11.0 Å². The van der Waals surface area contributed by atoms with E-state index in [2.05, 4.69) is 14.1 Å². The Balaban J connectivity index is 1.69. The third kappa shape index (κ3) is 2.65. The molecule has 1 saturated heterocycles. The number of nitrogens with one attached hydrogen (secondary N) is 1. The summed E-state index contributed by atoms with van der Waals surface area (Å²) < 4.78 is 13.9. The highest BCUT2D eigenvalue weighted by Gasteiger charge is 2.34. The van der Waals surface area contributed by atoms with E-state index in [1.807, 2.05) is 17.8 Å². The number of amides is 1. The molecule has 1 atom stereocenters. The van der Waals surface area contributed by atoms with Crippen molar-refractivity contribution in [3.05, 3.63) is 23.8 Å². The Morgan fingerprint density at radius 3 is 3.05 bits per heavy atom. The molecule has 0 spiro atoms. The average Bonchev–Trinajstić information content (AvgIpc) is 3.13. The first kappa shape index (κ1) is 13.8. The number of fused-ring (bicyclic) bond motifs is 1. The van der Waals surface area contributed by atoms with Gasteiger partial charge in [-0.3, -0.25) is 4.79 Å². The number of carbonyl (C=O) groups excluding carboxylic acids is 1. The number of nitrogens with zero attached hydrogens (tertiary/aromatic N) is 2. The number of ether oxygens (including phenoxy) is 1. The summed E-state index contributed by atoms with van der Waals surface area (Å²) in [5, 5.41) is 2.97. The fourth-order valence-electron chi connectivity index (χ4n) is 2.23. The summed E-state index contributed by atoms with van der Waals surface area (Å²) in [5.74, 6) is 1.92. The van der Waals surface area contributed by atoms with Crippen molar-refractivity contribution in [3.63, 3.8) is 0 Å². The molecule has 0 saturated carbocycles. The molecular formula is C13H15N3O2S2. The molecule has 2 heterocycles. The van der Waals surface area contributed by atoms with Crippen molar-refractivity contribution < 1.29 is 9.53 Å². The summed E-state index contributed by atoms with van der Waals surface area (Å²) >= 11 is 3.02. The molecular weight excluding hydrogens is 294 g/mol. The molecule has 2 aromatic rings. The standard InChI is InChI=1S/C13H15N3O2S2/c1-18-13(4-5-19-8-13)7-14-12(17)9-2-3-10-11(6-9)16-20-15-10/h2-3,6H,4-5,7-8H2,1H3,(H,14,17)/t13-/m0/s1. The minimum atomic E-state index is -0.216. The fraction of sp³-hybridized carbons (Fsp3) is 0.462.